The average molecular weight is 400 g/mol. The second-order valence-corrected chi connectivity index (χ2v) is 7.12. The summed E-state index contributed by atoms with van der Waals surface area (Å²) in [6.45, 7) is 2.20. The van der Waals surface area contributed by atoms with Crippen LogP contribution in [0, 0.1) is 0 Å². The number of ether oxygens (including phenoxy) is 1. The number of para-hydroxylation sites is 1. The van der Waals surface area contributed by atoms with Crippen molar-refractivity contribution in [1.29, 1.82) is 0 Å². The minimum absolute atomic E-state index is 0.234. The number of aromatic nitrogens is 3. The summed E-state index contributed by atoms with van der Waals surface area (Å²) < 4.78 is 5.27. The predicted octanol–water partition coefficient (Wildman–Crippen LogP) is 5.02. The van der Waals surface area contributed by atoms with Crippen molar-refractivity contribution >= 4 is 22.6 Å². The van der Waals surface area contributed by atoms with Crippen LogP contribution in [-0.4, -0.2) is 28.0 Å². The molecule has 3 aromatic carbocycles. The number of anilines is 1. The molecule has 1 aromatic heterocycles. The van der Waals surface area contributed by atoms with E-state index < -0.39 is 0 Å². The minimum Gasteiger partial charge on any atom is -0.496 e. The molecule has 0 aliphatic carbocycles. The molecule has 0 radical (unpaired) electrons. The van der Waals surface area contributed by atoms with Crippen molar-refractivity contribution in [1.82, 2.24) is 15.0 Å². The molecule has 4 aromatic rings. The van der Waals surface area contributed by atoms with E-state index in [4.69, 9.17) is 4.74 Å². The van der Waals surface area contributed by atoms with Gasteiger partial charge in [0, 0.05) is 5.69 Å². The Hall–Kier alpha value is -3.67. The maximum atomic E-state index is 12.6. The summed E-state index contributed by atoms with van der Waals surface area (Å²) in [4.78, 5) is 14.3. The number of carbonyl (C=O) groups is 1. The van der Waals surface area contributed by atoms with E-state index in [1.807, 2.05) is 36.4 Å². The van der Waals surface area contributed by atoms with Gasteiger partial charge in [0.15, 0.2) is 0 Å². The topological polar surface area (TPSA) is 69.0 Å². The zero-order chi connectivity index (χ0) is 20.9. The van der Waals surface area contributed by atoms with Gasteiger partial charge in [-0.3, -0.25) is 4.79 Å². The van der Waals surface area contributed by atoms with E-state index in [-0.39, 0.29) is 5.91 Å². The van der Waals surface area contributed by atoms with Gasteiger partial charge in [-0.15, -0.1) is 10.2 Å². The predicted molar refractivity (Wildman–Crippen MR) is 118 cm³/mol. The van der Waals surface area contributed by atoms with E-state index in [1.54, 1.807) is 30.1 Å². The van der Waals surface area contributed by atoms with Crippen molar-refractivity contribution in [2.75, 3.05) is 12.4 Å². The number of nitrogens with zero attached hydrogens (tertiary/aromatic N) is 3. The van der Waals surface area contributed by atoms with E-state index in [1.165, 1.54) is 18.4 Å². The molecule has 1 heterocycles. The SMILES string of the molecule is CCCCc1ccc(-n2nc3ccc(NC(=O)c4ccccc4OC)cc3n2)cc1. The molecule has 0 bridgehead atoms. The Balaban J connectivity index is 1.54. The lowest BCUT2D eigenvalue weighted by Gasteiger charge is -2.08. The zero-order valence-corrected chi connectivity index (χ0v) is 17.1. The first-order valence-electron chi connectivity index (χ1n) is 10.1. The summed E-state index contributed by atoms with van der Waals surface area (Å²) in [5.74, 6) is 0.297. The Kier molecular flexibility index (Phi) is 5.75. The molecule has 4 rings (SSSR count). The fraction of sp³-hybridized carbons (Fsp3) is 0.208. The lowest BCUT2D eigenvalue weighted by atomic mass is 10.1. The van der Waals surface area contributed by atoms with Gasteiger partial charge >= 0.3 is 0 Å². The monoisotopic (exact) mass is 400 g/mol. The quantitative estimate of drug-likeness (QED) is 0.473. The van der Waals surface area contributed by atoms with E-state index in [9.17, 15) is 4.79 Å². The van der Waals surface area contributed by atoms with Crippen molar-refractivity contribution in [2.45, 2.75) is 26.2 Å². The minimum atomic E-state index is -0.234. The Morgan fingerprint density at radius 1 is 1.00 bits per heavy atom. The summed E-state index contributed by atoms with van der Waals surface area (Å²) in [6, 6.07) is 20.9. The van der Waals surface area contributed by atoms with E-state index in [2.05, 4.69) is 34.6 Å². The summed E-state index contributed by atoms with van der Waals surface area (Å²) >= 11 is 0. The zero-order valence-electron chi connectivity index (χ0n) is 17.1. The number of unbranched alkanes of at least 4 members (excludes halogenated alkanes) is 1. The Bertz CT molecular complexity index is 1170. The second kappa shape index (κ2) is 8.78. The fourth-order valence-corrected chi connectivity index (χ4v) is 3.32. The van der Waals surface area contributed by atoms with Gasteiger partial charge in [-0.2, -0.15) is 4.80 Å². The summed E-state index contributed by atoms with van der Waals surface area (Å²) in [7, 11) is 1.55. The molecule has 6 heteroatoms. The van der Waals surface area contributed by atoms with Crippen LogP contribution in [0.25, 0.3) is 16.7 Å². The number of amides is 1. The van der Waals surface area contributed by atoms with Crippen LogP contribution < -0.4 is 10.1 Å². The molecular weight excluding hydrogens is 376 g/mol. The van der Waals surface area contributed by atoms with Crippen molar-refractivity contribution in [2.24, 2.45) is 0 Å². The van der Waals surface area contributed by atoms with E-state index in [0.717, 1.165) is 17.6 Å². The van der Waals surface area contributed by atoms with Crippen LogP contribution >= 0.6 is 0 Å². The van der Waals surface area contributed by atoms with Crippen LogP contribution in [0.15, 0.2) is 66.7 Å². The highest BCUT2D eigenvalue weighted by molar-refractivity contribution is 6.06. The average Bonchev–Trinajstić information content (AvgIpc) is 3.21. The number of methoxy groups -OCH3 is 1. The smallest absolute Gasteiger partial charge is 0.259 e. The van der Waals surface area contributed by atoms with Crippen LogP contribution in [0.2, 0.25) is 0 Å². The van der Waals surface area contributed by atoms with Crippen molar-refractivity contribution < 1.29 is 9.53 Å². The normalized spacial score (nSPS) is 10.9. The number of nitrogens with one attached hydrogen (secondary N) is 1. The standard InChI is InChI=1S/C24H24N4O2/c1-3-4-7-17-10-13-19(14-11-17)28-26-21-15-12-18(16-22(21)27-28)25-24(29)20-8-5-6-9-23(20)30-2/h5-6,8-16H,3-4,7H2,1-2H3,(H,25,29). The number of hydrogen-bond donors (Lipinski definition) is 1. The molecule has 0 saturated heterocycles. The number of aryl methyl sites for hydroxylation is 1. The van der Waals surface area contributed by atoms with Crippen molar-refractivity contribution in [3.8, 4) is 11.4 Å². The molecule has 1 amide bonds. The van der Waals surface area contributed by atoms with E-state index in [0.29, 0.717) is 22.5 Å². The van der Waals surface area contributed by atoms with Crippen molar-refractivity contribution in [3.05, 3.63) is 77.9 Å². The van der Waals surface area contributed by atoms with Gasteiger partial charge in [0.25, 0.3) is 5.91 Å². The largest absolute Gasteiger partial charge is 0.496 e. The highest BCUT2D eigenvalue weighted by Gasteiger charge is 2.13. The molecule has 0 unspecified atom stereocenters. The fourth-order valence-electron chi connectivity index (χ4n) is 3.32. The Labute approximate surface area is 175 Å². The number of benzene rings is 3. The van der Waals surface area contributed by atoms with Gasteiger partial charge < -0.3 is 10.1 Å². The first-order chi connectivity index (χ1) is 14.7. The number of fused-ring (bicyclic) bond motifs is 1. The maximum Gasteiger partial charge on any atom is 0.259 e. The summed E-state index contributed by atoms with van der Waals surface area (Å²) in [5.41, 5.74) is 4.83. The first kappa shape index (κ1) is 19.6. The van der Waals surface area contributed by atoms with Crippen LogP contribution in [0.1, 0.15) is 35.7 Å². The molecule has 0 atom stereocenters. The summed E-state index contributed by atoms with van der Waals surface area (Å²) in [6.07, 6.45) is 3.46. The van der Waals surface area contributed by atoms with Crippen molar-refractivity contribution in [3.63, 3.8) is 0 Å². The molecular formula is C24H24N4O2. The third-order valence-corrected chi connectivity index (χ3v) is 4.98. The molecule has 152 valence electrons. The van der Waals surface area contributed by atoms with Gasteiger partial charge in [-0.25, -0.2) is 0 Å². The molecule has 0 aliphatic rings. The number of rotatable bonds is 7. The molecule has 1 N–H and O–H groups in total. The van der Waals surface area contributed by atoms with Crippen LogP contribution in [0.4, 0.5) is 5.69 Å². The third kappa shape index (κ3) is 4.17. The molecule has 0 fully saturated rings. The highest BCUT2D eigenvalue weighted by Crippen LogP contribution is 2.21. The lowest BCUT2D eigenvalue weighted by molar-refractivity contribution is 0.102. The lowest BCUT2D eigenvalue weighted by Crippen LogP contribution is -2.13. The first-order valence-corrected chi connectivity index (χ1v) is 10.1. The highest BCUT2D eigenvalue weighted by atomic mass is 16.5. The molecule has 6 nitrogen and oxygen atoms in total. The van der Waals surface area contributed by atoms with Gasteiger partial charge in [-0.1, -0.05) is 37.6 Å². The van der Waals surface area contributed by atoms with Crippen LogP contribution in [0.3, 0.4) is 0 Å². The van der Waals surface area contributed by atoms with E-state index >= 15 is 0 Å². The molecule has 30 heavy (non-hydrogen) atoms. The van der Waals surface area contributed by atoms with Gasteiger partial charge in [-0.05, 0) is 60.9 Å². The van der Waals surface area contributed by atoms with Gasteiger partial charge in [0.2, 0.25) is 0 Å². The van der Waals surface area contributed by atoms with Crippen LogP contribution in [-0.2, 0) is 6.42 Å². The number of hydrogen-bond acceptors (Lipinski definition) is 4. The second-order valence-electron chi connectivity index (χ2n) is 7.12. The van der Waals surface area contributed by atoms with Gasteiger partial charge in [0.1, 0.15) is 16.8 Å². The molecule has 0 aliphatic heterocycles. The van der Waals surface area contributed by atoms with Gasteiger partial charge in [0.05, 0.1) is 18.4 Å². The molecule has 0 saturated carbocycles. The third-order valence-electron chi connectivity index (χ3n) is 4.98. The Morgan fingerprint density at radius 3 is 2.53 bits per heavy atom. The van der Waals surface area contributed by atoms with Crippen LogP contribution in [0.5, 0.6) is 5.75 Å². The summed E-state index contributed by atoms with van der Waals surface area (Å²) in [5, 5.41) is 12.0. The Morgan fingerprint density at radius 2 is 1.77 bits per heavy atom. The number of carbonyl (C=O) groups excluding carboxylic acids is 1. The molecule has 0 spiro atoms. The maximum absolute atomic E-state index is 12.6.